The molecule has 0 aromatic heterocycles. The van der Waals surface area contributed by atoms with Crippen molar-refractivity contribution in [1.29, 1.82) is 0 Å². The zero-order valence-corrected chi connectivity index (χ0v) is 10.6. The fourth-order valence-electron chi connectivity index (χ4n) is 1.38. The molecule has 0 radical (unpaired) electrons. The molecule has 0 atom stereocenters. The molecule has 0 spiro atoms. The number of aliphatic hydroxyl groups is 1. The number of hydrogen-bond acceptors (Lipinski definition) is 4. The highest BCUT2D eigenvalue weighted by Crippen LogP contribution is 2.24. The van der Waals surface area contributed by atoms with Crippen LogP contribution in [0.3, 0.4) is 0 Å². The Bertz CT molecular complexity index is 336. The summed E-state index contributed by atoms with van der Waals surface area (Å²) in [4.78, 5) is 0. The van der Waals surface area contributed by atoms with Gasteiger partial charge in [-0.25, -0.2) is 0 Å². The van der Waals surface area contributed by atoms with Gasteiger partial charge in [0.25, 0.3) is 0 Å². The maximum absolute atomic E-state index is 9.22. The lowest BCUT2D eigenvalue weighted by atomic mass is 10.2. The third-order valence-electron chi connectivity index (χ3n) is 2.23. The molecular formula is C13H20O4. The third kappa shape index (κ3) is 4.63. The summed E-state index contributed by atoms with van der Waals surface area (Å²) in [6.07, 6.45) is 0.201. The second-order valence-electron chi connectivity index (χ2n) is 3.90. The van der Waals surface area contributed by atoms with E-state index >= 15 is 0 Å². The van der Waals surface area contributed by atoms with Crippen molar-refractivity contribution in [2.24, 2.45) is 0 Å². The largest absolute Gasteiger partial charge is 0.497 e. The van der Waals surface area contributed by atoms with E-state index in [0.29, 0.717) is 30.3 Å². The molecule has 1 aromatic rings. The van der Waals surface area contributed by atoms with Gasteiger partial charge in [0.05, 0.1) is 26.4 Å². The smallest absolute Gasteiger partial charge is 0.125 e. The molecule has 1 aromatic carbocycles. The average Bonchev–Trinajstić information content (AvgIpc) is 2.34. The summed E-state index contributed by atoms with van der Waals surface area (Å²) in [5, 5.41) is 9.22. The third-order valence-corrected chi connectivity index (χ3v) is 2.23. The Balaban J connectivity index is 2.52. The Morgan fingerprint density at radius 1 is 1.24 bits per heavy atom. The molecule has 0 unspecified atom stereocenters. The summed E-state index contributed by atoms with van der Waals surface area (Å²) < 4.78 is 16.0. The van der Waals surface area contributed by atoms with Crippen LogP contribution in [-0.4, -0.2) is 31.5 Å². The summed E-state index contributed by atoms with van der Waals surface area (Å²) >= 11 is 0. The van der Waals surface area contributed by atoms with Crippen molar-refractivity contribution in [1.82, 2.24) is 0 Å². The van der Waals surface area contributed by atoms with Gasteiger partial charge in [-0.3, -0.25) is 0 Å². The molecule has 1 rings (SSSR count). The zero-order chi connectivity index (χ0) is 12.7. The van der Waals surface area contributed by atoms with E-state index in [4.69, 9.17) is 14.2 Å². The van der Waals surface area contributed by atoms with Crippen LogP contribution in [0.5, 0.6) is 11.5 Å². The highest BCUT2D eigenvalue weighted by atomic mass is 16.5. The van der Waals surface area contributed by atoms with Crippen molar-refractivity contribution in [2.75, 3.05) is 20.3 Å². The molecule has 0 fully saturated rings. The zero-order valence-electron chi connectivity index (χ0n) is 10.6. The van der Waals surface area contributed by atoms with Gasteiger partial charge in [0.15, 0.2) is 0 Å². The molecule has 0 aliphatic heterocycles. The minimum Gasteiger partial charge on any atom is -0.497 e. The molecule has 96 valence electrons. The summed E-state index contributed by atoms with van der Waals surface area (Å²) in [5.74, 6) is 1.38. The van der Waals surface area contributed by atoms with E-state index in [1.165, 1.54) is 0 Å². The quantitative estimate of drug-likeness (QED) is 0.740. The van der Waals surface area contributed by atoms with Gasteiger partial charge in [-0.2, -0.15) is 0 Å². The topological polar surface area (TPSA) is 47.9 Å². The Morgan fingerprint density at radius 3 is 2.59 bits per heavy atom. The first-order chi connectivity index (χ1) is 8.17. The fraction of sp³-hybridized carbons (Fsp3) is 0.538. The standard InChI is InChI=1S/C13H20O4/c1-10(2)16-6-7-17-13-5-4-12(15-3)8-11(13)9-14/h4-5,8,10,14H,6-7,9H2,1-3H3. The van der Waals surface area contributed by atoms with Gasteiger partial charge in [-0.15, -0.1) is 0 Å². The number of ether oxygens (including phenoxy) is 3. The first-order valence-electron chi connectivity index (χ1n) is 5.69. The summed E-state index contributed by atoms with van der Waals surface area (Å²) in [5.41, 5.74) is 0.717. The predicted molar refractivity (Wildman–Crippen MR) is 65.5 cm³/mol. The van der Waals surface area contributed by atoms with Crippen molar-refractivity contribution >= 4 is 0 Å². The van der Waals surface area contributed by atoms with Crippen LogP contribution in [0, 0.1) is 0 Å². The Kier molecular flexibility index (Phi) is 5.80. The van der Waals surface area contributed by atoms with Crippen LogP contribution in [0.15, 0.2) is 18.2 Å². The maximum Gasteiger partial charge on any atom is 0.125 e. The molecule has 0 aliphatic carbocycles. The number of hydrogen-bond donors (Lipinski definition) is 1. The number of methoxy groups -OCH3 is 1. The Hall–Kier alpha value is -1.26. The van der Waals surface area contributed by atoms with E-state index in [1.807, 2.05) is 13.8 Å². The van der Waals surface area contributed by atoms with Crippen LogP contribution in [0.4, 0.5) is 0 Å². The normalized spacial score (nSPS) is 10.6. The van der Waals surface area contributed by atoms with Gasteiger partial charge in [0, 0.05) is 5.56 Å². The number of aliphatic hydroxyl groups excluding tert-OH is 1. The second kappa shape index (κ2) is 7.14. The molecule has 4 nitrogen and oxygen atoms in total. The van der Waals surface area contributed by atoms with Gasteiger partial charge in [0.1, 0.15) is 18.1 Å². The molecule has 0 bridgehead atoms. The van der Waals surface area contributed by atoms with Crippen LogP contribution < -0.4 is 9.47 Å². The van der Waals surface area contributed by atoms with Gasteiger partial charge < -0.3 is 19.3 Å². The molecule has 4 heteroatoms. The number of benzene rings is 1. The maximum atomic E-state index is 9.22. The second-order valence-corrected chi connectivity index (χ2v) is 3.90. The predicted octanol–water partition coefficient (Wildman–Crippen LogP) is 1.99. The summed E-state index contributed by atoms with van der Waals surface area (Å²) in [6.45, 7) is 4.89. The van der Waals surface area contributed by atoms with Crippen LogP contribution in [0.2, 0.25) is 0 Å². The molecule has 1 N–H and O–H groups in total. The highest BCUT2D eigenvalue weighted by Gasteiger charge is 2.05. The van der Waals surface area contributed by atoms with E-state index in [2.05, 4.69) is 0 Å². The molecule has 0 heterocycles. The number of rotatable bonds is 7. The van der Waals surface area contributed by atoms with Gasteiger partial charge in [0.2, 0.25) is 0 Å². The summed E-state index contributed by atoms with van der Waals surface area (Å²) in [6, 6.07) is 5.36. The molecular weight excluding hydrogens is 220 g/mol. The van der Waals surface area contributed by atoms with E-state index in [-0.39, 0.29) is 12.7 Å². The van der Waals surface area contributed by atoms with Crippen LogP contribution in [0.25, 0.3) is 0 Å². The van der Waals surface area contributed by atoms with Crippen LogP contribution in [-0.2, 0) is 11.3 Å². The lowest BCUT2D eigenvalue weighted by molar-refractivity contribution is 0.0547. The first kappa shape index (κ1) is 13.8. The molecule has 0 saturated heterocycles. The SMILES string of the molecule is COc1ccc(OCCOC(C)C)c(CO)c1. The van der Waals surface area contributed by atoms with E-state index < -0.39 is 0 Å². The van der Waals surface area contributed by atoms with E-state index in [0.717, 1.165) is 0 Å². The van der Waals surface area contributed by atoms with Gasteiger partial charge in [-0.1, -0.05) is 0 Å². The van der Waals surface area contributed by atoms with E-state index in [9.17, 15) is 5.11 Å². The van der Waals surface area contributed by atoms with Crippen molar-refractivity contribution in [3.8, 4) is 11.5 Å². The molecule has 0 amide bonds. The molecule has 0 aliphatic rings. The minimum absolute atomic E-state index is 0.0719. The Labute approximate surface area is 102 Å². The van der Waals surface area contributed by atoms with E-state index in [1.54, 1.807) is 25.3 Å². The molecule has 17 heavy (non-hydrogen) atoms. The lowest BCUT2D eigenvalue weighted by Gasteiger charge is -2.12. The van der Waals surface area contributed by atoms with Crippen molar-refractivity contribution < 1.29 is 19.3 Å². The van der Waals surface area contributed by atoms with Crippen LogP contribution >= 0.6 is 0 Å². The minimum atomic E-state index is -0.0719. The van der Waals surface area contributed by atoms with Crippen molar-refractivity contribution in [3.63, 3.8) is 0 Å². The van der Waals surface area contributed by atoms with Crippen molar-refractivity contribution in [2.45, 2.75) is 26.6 Å². The van der Waals surface area contributed by atoms with Crippen molar-refractivity contribution in [3.05, 3.63) is 23.8 Å². The first-order valence-corrected chi connectivity index (χ1v) is 5.69. The van der Waals surface area contributed by atoms with Crippen LogP contribution in [0.1, 0.15) is 19.4 Å². The highest BCUT2D eigenvalue weighted by molar-refractivity contribution is 5.39. The summed E-state index contributed by atoms with van der Waals surface area (Å²) in [7, 11) is 1.59. The Morgan fingerprint density at radius 2 is 2.00 bits per heavy atom. The molecule has 0 saturated carbocycles. The van der Waals surface area contributed by atoms with Gasteiger partial charge in [-0.05, 0) is 32.0 Å². The lowest BCUT2D eigenvalue weighted by Crippen LogP contribution is -2.12. The average molecular weight is 240 g/mol. The van der Waals surface area contributed by atoms with Gasteiger partial charge >= 0.3 is 0 Å². The monoisotopic (exact) mass is 240 g/mol. The fourth-order valence-corrected chi connectivity index (χ4v) is 1.38.